The van der Waals surface area contributed by atoms with Crippen LogP contribution >= 0.6 is 0 Å². The Morgan fingerprint density at radius 1 is 1.02 bits per heavy atom. The lowest BCUT2D eigenvalue weighted by atomic mass is 9.98. The Hall–Kier alpha value is -4.42. The first kappa shape index (κ1) is 30.5. The standard InChI is InChI=1S/C30H28F3N3O5S/c1-18-36-27(19-8-11-22(12-9-19)41-30(31,32)33)28(40-18)24-17-21(20-6-5-7-23(16-20)42(4,38)39)10-13-25(24)35-15-14-26(34)29(2,3)37/h5-17,34-35,37H,1-4H3/b15-14-,34-26?. The summed E-state index contributed by atoms with van der Waals surface area (Å²) in [4.78, 5) is 4.62. The second-order valence-electron chi connectivity index (χ2n) is 9.99. The number of sulfone groups is 1. The maximum atomic E-state index is 12.7. The summed E-state index contributed by atoms with van der Waals surface area (Å²) in [6.07, 6.45) is -0.827. The smallest absolute Gasteiger partial charge is 0.440 e. The maximum absolute atomic E-state index is 12.7. The Labute approximate surface area is 240 Å². The molecule has 0 unspecified atom stereocenters. The molecule has 4 rings (SSSR count). The van der Waals surface area contributed by atoms with Gasteiger partial charge in [0.2, 0.25) is 0 Å². The molecule has 8 nitrogen and oxygen atoms in total. The predicted molar refractivity (Wildman–Crippen MR) is 154 cm³/mol. The first-order chi connectivity index (χ1) is 19.5. The quantitative estimate of drug-likeness (QED) is 0.177. The minimum absolute atomic E-state index is 0.0388. The van der Waals surface area contributed by atoms with Gasteiger partial charge in [-0.1, -0.05) is 18.2 Å². The van der Waals surface area contributed by atoms with Gasteiger partial charge in [-0.25, -0.2) is 13.4 Å². The second-order valence-corrected chi connectivity index (χ2v) is 12.0. The van der Waals surface area contributed by atoms with Crippen LogP contribution in [0.3, 0.4) is 0 Å². The van der Waals surface area contributed by atoms with Crippen LogP contribution in [0.4, 0.5) is 18.9 Å². The number of rotatable bonds is 9. The summed E-state index contributed by atoms with van der Waals surface area (Å²) in [7, 11) is -3.46. The minimum atomic E-state index is -4.83. The normalized spacial score (nSPS) is 12.5. The van der Waals surface area contributed by atoms with Gasteiger partial charge in [0, 0.05) is 36.2 Å². The van der Waals surface area contributed by atoms with Crippen molar-refractivity contribution in [3.8, 4) is 39.5 Å². The van der Waals surface area contributed by atoms with E-state index in [0.717, 1.165) is 6.26 Å². The predicted octanol–water partition coefficient (Wildman–Crippen LogP) is 7.00. The van der Waals surface area contributed by atoms with Crippen LogP contribution in [0.1, 0.15) is 19.7 Å². The van der Waals surface area contributed by atoms with Gasteiger partial charge in [-0.3, -0.25) is 0 Å². The molecule has 0 saturated carbocycles. The minimum Gasteiger partial charge on any atom is -0.440 e. The third-order valence-corrected chi connectivity index (χ3v) is 7.21. The van der Waals surface area contributed by atoms with Crippen LogP contribution in [0.5, 0.6) is 5.75 Å². The number of anilines is 1. The zero-order chi connectivity index (χ0) is 30.9. The van der Waals surface area contributed by atoms with Gasteiger partial charge < -0.3 is 25.0 Å². The van der Waals surface area contributed by atoms with Crippen LogP contribution < -0.4 is 10.1 Å². The number of hydrogen-bond donors (Lipinski definition) is 3. The molecule has 0 aliphatic heterocycles. The SMILES string of the molecule is Cc1nc(-c2ccc(OC(F)(F)F)cc2)c(-c2cc(-c3cccc(S(C)(=O)=O)c3)ccc2N/C=C\C(=N)C(C)(C)O)o1. The lowest BCUT2D eigenvalue weighted by Gasteiger charge is -2.16. The lowest BCUT2D eigenvalue weighted by Crippen LogP contribution is -2.28. The molecule has 1 heterocycles. The van der Waals surface area contributed by atoms with E-state index in [-0.39, 0.29) is 16.4 Å². The number of oxazole rings is 1. The topological polar surface area (TPSA) is 126 Å². The van der Waals surface area contributed by atoms with Crippen molar-refractivity contribution in [3.63, 3.8) is 0 Å². The van der Waals surface area contributed by atoms with Crippen LogP contribution in [0, 0.1) is 12.3 Å². The molecule has 3 aromatic carbocycles. The number of hydrogen-bond acceptors (Lipinski definition) is 8. The molecule has 0 aliphatic rings. The molecular formula is C30H28F3N3O5S. The molecule has 4 aromatic rings. The van der Waals surface area contributed by atoms with Gasteiger partial charge >= 0.3 is 6.36 Å². The van der Waals surface area contributed by atoms with Crippen LogP contribution in [0.15, 0.2) is 88.3 Å². The highest BCUT2D eigenvalue weighted by atomic mass is 32.2. The molecule has 0 aliphatic carbocycles. The van der Waals surface area contributed by atoms with Crippen LogP contribution in [0.2, 0.25) is 0 Å². The molecule has 0 saturated heterocycles. The molecule has 0 amide bonds. The number of alkyl halides is 3. The van der Waals surface area contributed by atoms with Crippen molar-refractivity contribution in [1.29, 1.82) is 5.41 Å². The summed E-state index contributed by atoms with van der Waals surface area (Å²) in [5.74, 6) is 0.208. The Balaban J connectivity index is 1.83. The lowest BCUT2D eigenvalue weighted by molar-refractivity contribution is -0.274. The molecule has 42 heavy (non-hydrogen) atoms. The average molecular weight is 600 g/mol. The van der Waals surface area contributed by atoms with Crippen molar-refractivity contribution in [1.82, 2.24) is 4.98 Å². The van der Waals surface area contributed by atoms with Gasteiger partial charge in [0.1, 0.15) is 17.0 Å². The van der Waals surface area contributed by atoms with Gasteiger partial charge in [-0.2, -0.15) is 0 Å². The molecule has 3 N–H and O–H groups in total. The van der Waals surface area contributed by atoms with E-state index in [1.165, 1.54) is 56.5 Å². The Kier molecular flexibility index (Phi) is 8.33. The largest absolute Gasteiger partial charge is 0.573 e. The first-order valence-electron chi connectivity index (χ1n) is 12.5. The molecule has 0 atom stereocenters. The molecule has 0 fully saturated rings. The molecule has 0 spiro atoms. The zero-order valence-corrected chi connectivity index (χ0v) is 23.9. The van der Waals surface area contributed by atoms with E-state index >= 15 is 0 Å². The van der Waals surface area contributed by atoms with Crippen molar-refractivity contribution in [2.45, 2.75) is 37.6 Å². The molecule has 1 aromatic heterocycles. The number of ether oxygens (including phenoxy) is 1. The molecular weight excluding hydrogens is 571 g/mol. The van der Waals surface area contributed by atoms with Crippen LogP contribution in [0.25, 0.3) is 33.7 Å². The highest BCUT2D eigenvalue weighted by Gasteiger charge is 2.31. The number of nitrogens with one attached hydrogen (secondary N) is 2. The van der Waals surface area contributed by atoms with E-state index in [9.17, 15) is 26.7 Å². The van der Waals surface area contributed by atoms with Gasteiger partial charge in [-0.05, 0) is 79.6 Å². The average Bonchev–Trinajstić information content (AvgIpc) is 3.28. The maximum Gasteiger partial charge on any atom is 0.573 e. The van der Waals surface area contributed by atoms with Crippen molar-refractivity contribution in [2.24, 2.45) is 0 Å². The summed E-state index contributed by atoms with van der Waals surface area (Å²) >= 11 is 0. The summed E-state index contributed by atoms with van der Waals surface area (Å²) in [5, 5.41) is 21.2. The number of benzene rings is 3. The van der Waals surface area contributed by atoms with Crippen LogP contribution in [-0.2, 0) is 9.84 Å². The molecule has 12 heteroatoms. The number of aliphatic hydroxyl groups is 1. The van der Waals surface area contributed by atoms with E-state index in [1.807, 2.05) is 0 Å². The Bertz CT molecular complexity index is 1750. The third-order valence-electron chi connectivity index (χ3n) is 6.10. The fraction of sp³-hybridized carbons (Fsp3) is 0.200. The van der Waals surface area contributed by atoms with Crippen molar-refractivity contribution < 1.29 is 35.8 Å². The fourth-order valence-corrected chi connectivity index (χ4v) is 4.65. The van der Waals surface area contributed by atoms with E-state index in [1.54, 1.807) is 43.3 Å². The number of aryl methyl sites for hydroxylation is 1. The molecule has 220 valence electrons. The van der Waals surface area contributed by atoms with Gasteiger partial charge in [0.15, 0.2) is 21.5 Å². The van der Waals surface area contributed by atoms with E-state index < -0.39 is 21.8 Å². The highest BCUT2D eigenvalue weighted by Crippen LogP contribution is 2.40. The number of aromatic nitrogens is 1. The van der Waals surface area contributed by atoms with Gasteiger partial charge in [-0.15, -0.1) is 13.2 Å². The summed E-state index contributed by atoms with van der Waals surface area (Å²) in [6.45, 7) is 4.60. The monoisotopic (exact) mass is 599 g/mol. The van der Waals surface area contributed by atoms with E-state index in [4.69, 9.17) is 9.83 Å². The molecule has 0 radical (unpaired) electrons. The third kappa shape index (κ3) is 7.45. The fourth-order valence-electron chi connectivity index (χ4n) is 3.98. The summed E-state index contributed by atoms with van der Waals surface area (Å²) in [6, 6.07) is 16.9. The van der Waals surface area contributed by atoms with Crippen LogP contribution in [-0.4, -0.2) is 42.4 Å². The number of nitrogens with zero attached hydrogens (tertiary/aromatic N) is 1. The Morgan fingerprint density at radius 3 is 2.29 bits per heavy atom. The summed E-state index contributed by atoms with van der Waals surface area (Å²) < 4.78 is 72.3. The molecule has 0 bridgehead atoms. The Morgan fingerprint density at radius 2 is 1.67 bits per heavy atom. The zero-order valence-electron chi connectivity index (χ0n) is 23.1. The highest BCUT2D eigenvalue weighted by molar-refractivity contribution is 7.90. The van der Waals surface area contributed by atoms with Gasteiger partial charge in [0.05, 0.1) is 10.6 Å². The van der Waals surface area contributed by atoms with E-state index in [2.05, 4.69) is 15.0 Å². The second kappa shape index (κ2) is 11.5. The van der Waals surface area contributed by atoms with Crippen molar-refractivity contribution in [3.05, 3.63) is 84.9 Å². The number of halogens is 3. The first-order valence-corrected chi connectivity index (χ1v) is 14.4. The van der Waals surface area contributed by atoms with Crippen molar-refractivity contribution in [2.75, 3.05) is 11.6 Å². The van der Waals surface area contributed by atoms with Gasteiger partial charge in [0.25, 0.3) is 0 Å². The summed E-state index contributed by atoms with van der Waals surface area (Å²) in [5.41, 5.74) is 1.72. The van der Waals surface area contributed by atoms with Crippen molar-refractivity contribution >= 4 is 21.2 Å². The van der Waals surface area contributed by atoms with E-state index in [0.29, 0.717) is 45.3 Å².